The Kier molecular flexibility index (Phi) is 26.8. The summed E-state index contributed by atoms with van der Waals surface area (Å²) >= 11 is 0. The van der Waals surface area contributed by atoms with E-state index in [0.29, 0.717) is 143 Å². The monoisotopic (exact) mass is 1290 g/mol. The highest BCUT2D eigenvalue weighted by molar-refractivity contribution is 5.60. The summed E-state index contributed by atoms with van der Waals surface area (Å²) in [5.74, 6) is 7.29. The van der Waals surface area contributed by atoms with Crippen LogP contribution in [-0.2, 0) is 73.7 Å². The van der Waals surface area contributed by atoms with Crippen LogP contribution in [0.1, 0.15) is 180 Å². The summed E-state index contributed by atoms with van der Waals surface area (Å²) in [6.07, 6.45) is 15.8. The highest BCUT2D eigenvalue weighted by atomic mass is 16.6. The van der Waals surface area contributed by atoms with Gasteiger partial charge in [0, 0.05) is 51.4 Å². The van der Waals surface area contributed by atoms with Crippen molar-refractivity contribution in [3.05, 3.63) is 259 Å². The zero-order valence-corrected chi connectivity index (χ0v) is 58.2. The lowest BCUT2D eigenvalue weighted by molar-refractivity contribution is 0.0270. The van der Waals surface area contributed by atoms with Crippen LogP contribution < -0.4 is 37.9 Å². The Hall–Kier alpha value is -8.44. The molecule has 0 N–H and O–H groups in total. The van der Waals surface area contributed by atoms with Crippen molar-refractivity contribution < 1.29 is 47.4 Å². The number of rotatable bonds is 33. The number of benzene rings is 8. The van der Waals surface area contributed by atoms with Gasteiger partial charge < -0.3 is 47.4 Å². The standard InChI is InChI=1S/C86H102O10/c1-9-23-61-49-75-57-71-33-19-29-67(81(71)91-39-13-5)53-63-25-17-26-64(79(63)89-37-11-3)54-68-30-20-34-72(82(68)92-40-14-6)58-76(50-61)85(75)95-47-45-87-43-44-88-46-48-96-86-77-51-62(24-10-2)52-78(86)60-74-36-22-32-70(84(74)94-42-16-8)56-66-28-18-27-65(80(66)90-38-12-4)55-69-31-21-35-73(59-77)83(69)93-41-15-7/h9-10,17-22,25-36,49-52H,1-2,11-16,23-24,37-48,53-60H2,3-8H3. The van der Waals surface area contributed by atoms with Gasteiger partial charge in [0.1, 0.15) is 59.2 Å². The fourth-order valence-corrected chi connectivity index (χ4v) is 13.3. The van der Waals surface area contributed by atoms with Crippen LogP contribution in [0.3, 0.4) is 0 Å². The van der Waals surface area contributed by atoms with E-state index in [1.54, 1.807) is 0 Å². The van der Waals surface area contributed by atoms with Gasteiger partial charge in [0.2, 0.25) is 0 Å². The van der Waals surface area contributed by atoms with Gasteiger partial charge in [-0.1, -0.05) is 187 Å². The maximum atomic E-state index is 7.02. The van der Waals surface area contributed by atoms with Crippen molar-refractivity contribution in [1.82, 2.24) is 0 Å². The maximum Gasteiger partial charge on any atom is 0.126 e. The summed E-state index contributed by atoms with van der Waals surface area (Å²) in [5, 5.41) is 0. The highest BCUT2D eigenvalue weighted by Gasteiger charge is 2.26. The average molecular weight is 1300 g/mol. The van der Waals surface area contributed by atoms with Crippen LogP contribution >= 0.6 is 0 Å². The van der Waals surface area contributed by atoms with E-state index in [4.69, 9.17) is 47.4 Å². The second-order valence-electron chi connectivity index (χ2n) is 25.3. The predicted molar refractivity (Wildman–Crippen MR) is 389 cm³/mol. The van der Waals surface area contributed by atoms with Gasteiger partial charge in [-0.25, -0.2) is 0 Å². The second-order valence-corrected chi connectivity index (χ2v) is 25.3. The maximum absolute atomic E-state index is 7.02. The number of allylic oxidation sites excluding steroid dienone is 2. The highest BCUT2D eigenvalue weighted by Crippen LogP contribution is 2.43. The Balaban J connectivity index is 0.892. The summed E-state index contributed by atoms with van der Waals surface area (Å²) < 4.78 is 67.2. The van der Waals surface area contributed by atoms with Crippen molar-refractivity contribution >= 4 is 0 Å². The van der Waals surface area contributed by atoms with E-state index in [2.05, 4.69) is 188 Å². The summed E-state index contributed by atoms with van der Waals surface area (Å²) in [4.78, 5) is 0. The molecule has 16 bridgehead atoms. The normalized spacial score (nSPS) is 12.5. The third-order valence-electron chi connectivity index (χ3n) is 17.5. The second kappa shape index (κ2) is 36.6. The first-order valence-corrected chi connectivity index (χ1v) is 35.6. The van der Waals surface area contributed by atoms with E-state index in [9.17, 15) is 0 Å². The van der Waals surface area contributed by atoms with Gasteiger partial charge >= 0.3 is 0 Å². The van der Waals surface area contributed by atoms with E-state index < -0.39 is 0 Å². The van der Waals surface area contributed by atoms with E-state index in [1.165, 1.54) is 11.1 Å². The molecule has 506 valence electrons. The molecule has 0 atom stereocenters. The topological polar surface area (TPSA) is 92.3 Å². The predicted octanol–water partition coefficient (Wildman–Crippen LogP) is 18.7. The molecule has 0 saturated heterocycles. The van der Waals surface area contributed by atoms with Gasteiger partial charge in [-0.15, -0.1) is 13.2 Å². The molecular weight excluding hydrogens is 1190 g/mol. The first-order valence-electron chi connectivity index (χ1n) is 35.6. The van der Waals surface area contributed by atoms with Crippen LogP contribution in [0.5, 0.6) is 46.0 Å². The molecule has 8 aromatic carbocycles. The minimum Gasteiger partial charge on any atom is -0.493 e. The van der Waals surface area contributed by atoms with Crippen molar-refractivity contribution in [2.45, 2.75) is 144 Å². The SMILES string of the molecule is C=CCc1cc2c(OCCOCCOCCOc3c4cc(CC=C)cc3Cc3cccc(c3OCCC)Cc3cccc(c3OCCC)Cc3cccc(c3OCCC)C4)c(c1)Cc1cccc(c1OCCC)Cc1cccc(c1OCCC)Cc1cccc(c1OCCC)C2. The van der Waals surface area contributed by atoms with Crippen LogP contribution in [0, 0.1) is 0 Å². The Morgan fingerprint density at radius 1 is 0.240 bits per heavy atom. The van der Waals surface area contributed by atoms with E-state index in [1.807, 2.05) is 12.2 Å². The molecule has 0 unspecified atom stereocenters. The molecule has 10 heteroatoms. The van der Waals surface area contributed by atoms with Crippen molar-refractivity contribution in [1.29, 1.82) is 0 Å². The Morgan fingerprint density at radius 2 is 0.406 bits per heavy atom. The molecule has 0 saturated carbocycles. The van der Waals surface area contributed by atoms with Crippen LogP contribution in [0.25, 0.3) is 0 Å². The van der Waals surface area contributed by atoms with Crippen LogP contribution in [0.2, 0.25) is 0 Å². The molecule has 0 amide bonds. The molecule has 0 spiro atoms. The largest absolute Gasteiger partial charge is 0.493 e. The van der Waals surface area contributed by atoms with Crippen LogP contribution in [0.15, 0.2) is 159 Å². The lowest BCUT2D eigenvalue weighted by Gasteiger charge is -2.23. The van der Waals surface area contributed by atoms with Crippen molar-refractivity contribution in [2.75, 3.05) is 79.3 Å². The van der Waals surface area contributed by atoms with E-state index in [0.717, 1.165) is 174 Å². The minimum absolute atomic E-state index is 0.342. The molecule has 8 aromatic rings. The van der Waals surface area contributed by atoms with Gasteiger partial charge in [-0.05, 0) is 152 Å². The average Bonchev–Trinajstić information content (AvgIpc) is 0.796. The first kappa shape index (κ1) is 70.4. The third kappa shape index (κ3) is 18.4. The number of ether oxygens (including phenoxy) is 10. The van der Waals surface area contributed by atoms with Crippen molar-refractivity contribution in [3.8, 4) is 46.0 Å². The van der Waals surface area contributed by atoms with Gasteiger partial charge in [0.25, 0.3) is 0 Å². The van der Waals surface area contributed by atoms with Gasteiger partial charge in [-0.2, -0.15) is 0 Å². The Morgan fingerprint density at radius 3 is 0.594 bits per heavy atom. The molecular formula is C86H102O10. The smallest absolute Gasteiger partial charge is 0.126 e. The van der Waals surface area contributed by atoms with Gasteiger partial charge in [0.05, 0.1) is 66.1 Å². The molecule has 10 rings (SSSR count). The molecule has 10 nitrogen and oxygen atoms in total. The molecule has 0 fully saturated rings. The number of para-hydroxylation sites is 6. The molecule has 0 heterocycles. The van der Waals surface area contributed by atoms with Crippen molar-refractivity contribution in [3.63, 3.8) is 0 Å². The van der Waals surface area contributed by atoms with Crippen molar-refractivity contribution in [2.24, 2.45) is 0 Å². The van der Waals surface area contributed by atoms with Crippen LogP contribution in [0.4, 0.5) is 0 Å². The van der Waals surface area contributed by atoms with E-state index >= 15 is 0 Å². The van der Waals surface area contributed by atoms with E-state index in [-0.39, 0.29) is 0 Å². The minimum atomic E-state index is 0.342. The Labute approximate surface area is 572 Å². The number of fused-ring (bicyclic) bond motifs is 16. The lowest BCUT2D eigenvalue weighted by Crippen LogP contribution is -2.15. The lowest BCUT2D eigenvalue weighted by atomic mass is 9.90. The summed E-state index contributed by atoms with van der Waals surface area (Å²) in [7, 11) is 0. The molecule has 2 aliphatic rings. The van der Waals surface area contributed by atoms with Crippen LogP contribution in [-0.4, -0.2) is 79.3 Å². The number of hydrogen-bond acceptors (Lipinski definition) is 10. The molecule has 0 aromatic heterocycles. The molecule has 0 aliphatic heterocycles. The fraction of sp³-hybridized carbons (Fsp3) is 0.395. The van der Waals surface area contributed by atoms with Gasteiger partial charge in [0.15, 0.2) is 0 Å². The fourth-order valence-electron chi connectivity index (χ4n) is 13.3. The molecule has 2 aliphatic carbocycles. The third-order valence-corrected chi connectivity index (χ3v) is 17.5. The summed E-state index contributed by atoms with van der Waals surface area (Å²) in [6.45, 7) is 27.2. The molecule has 96 heavy (non-hydrogen) atoms. The Bertz CT molecular complexity index is 3390. The van der Waals surface area contributed by atoms with Gasteiger partial charge in [-0.3, -0.25) is 0 Å². The molecule has 0 radical (unpaired) electrons. The number of hydrogen-bond donors (Lipinski definition) is 0. The zero-order chi connectivity index (χ0) is 66.9. The quantitative estimate of drug-likeness (QED) is 0.0292. The zero-order valence-electron chi connectivity index (χ0n) is 58.2. The summed E-state index contributed by atoms with van der Waals surface area (Å²) in [5.41, 5.74) is 20.2. The first-order chi connectivity index (χ1) is 47.3. The summed E-state index contributed by atoms with van der Waals surface area (Å²) in [6, 6.07) is 48.6.